The molecule has 0 aromatic heterocycles. The van der Waals surface area contributed by atoms with Gasteiger partial charge in [-0.25, -0.2) is 8.78 Å². The third-order valence-electron chi connectivity index (χ3n) is 7.71. The van der Waals surface area contributed by atoms with Crippen molar-refractivity contribution in [2.75, 3.05) is 0 Å². The van der Waals surface area contributed by atoms with E-state index in [-0.39, 0.29) is 11.7 Å². The first-order chi connectivity index (χ1) is 15.8. The van der Waals surface area contributed by atoms with Crippen molar-refractivity contribution in [2.45, 2.75) is 76.4 Å². The largest absolute Gasteiger partial charge is 0.432 e. The van der Waals surface area contributed by atoms with E-state index >= 15 is 0 Å². The smallest absolute Gasteiger partial charge is 0.429 e. The van der Waals surface area contributed by atoms with Crippen molar-refractivity contribution in [1.29, 1.82) is 0 Å². The number of aryl methyl sites for hydroxylation is 1. The van der Waals surface area contributed by atoms with Crippen LogP contribution >= 0.6 is 0 Å². The summed E-state index contributed by atoms with van der Waals surface area (Å²) in [5, 5.41) is 0. The topological polar surface area (TPSA) is 9.23 Å². The highest BCUT2D eigenvalue weighted by Gasteiger charge is 2.41. The van der Waals surface area contributed by atoms with Gasteiger partial charge >= 0.3 is 6.11 Å². The molecular formula is C27H31F4OSi. The molecule has 0 heterocycles. The number of halogens is 4. The van der Waals surface area contributed by atoms with E-state index in [1.54, 1.807) is 12.1 Å². The Hall–Kier alpha value is -1.82. The zero-order chi connectivity index (χ0) is 23.6. The van der Waals surface area contributed by atoms with E-state index in [9.17, 15) is 17.6 Å². The second-order valence-electron chi connectivity index (χ2n) is 9.89. The maximum Gasteiger partial charge on any atom is 0.432 e. The number of hydrogen-bond acceptors (Lipinski definition) is 1. The standard InChI is InChI=1S/C27H31F4OSi/c1-17-2-12-23(13-3-17)32-27(30,31)26-24(28)14-22(15-25(26)29)21-10-8-20(9-11-21)19-6-4-18(16-33)5-7-19/h2-3,12-15,18-21H,4-11,16H2,1H3. The molecule has 4 rings (SSSR count). The molecule has 2 saturated carbocycles. The summed E-state index contributed by atoms with van der Waals surface area (Å²) in [6, 6.07) is 9.15. The van der Waals surface area contributed by atoms with Crippen LogP contribution in [-0.4, -0.2) is 10.2 Å². The first-order valence-corrected chi connectivity index (χ1v) is 12.7. The van der Waals surface area contributed by atoms with Gasteiger partial charge in [-0.2, -0.15) is 8.78 Å². The van der Waals surface area contributed by atoms with Crippen LogP contribution in [0.1, 0.15) is 74.0 Å². The highest BCUT2D eigenvalue weighted by atomic mass is 28.1. The second kappa shape index (κ2) is 10.2. The summed E-state index contributed by atoms with van der Waals surface area (Å²) in [5.74, 6) is -0.450. The van der Waals surface area contributed by atoms with E-state index in [1.807, 2.05) is 6.92 Å². The molecule has 2 aromatic carbocycles. The molecule has 1 nitrogen and oxygen atoms in total. The Kier molecular flexibility index (Phi) is 7.52. The van der Waals surface area contributed by atoms with Gasteiger partial charge in [0.15, 0.2) is 0 Å². The molecule has 6 heteroatoms. The van der Waals surface area contributed by atoms with Gasteiger partial charge < -0.3 is 4.74 Å². The van der Waals surface area contributed by atoms with Crippen molar-refractivity contribution < 1.29 is 22.3 Å². The van der Waals surface area contributed by atoms with Crippen molar-refractivity contribution >= 4 is 10.2 Å². The van der Waals surface area contributed by atoms with E-state index in [4.69, 9.17) is 0 Å². The summed E-state index contributed by atoms with van der Waals surface area (Å²) in [5.41, 5.74) is 0.0126. The van der Waals surface area contributed by atoms with Crippen LogP contribution in [0.25, 0.3) is 0 Å². The van der Waals surface area contributed by atoms with Crippen LogP contribution in [0.4, 0.5) is 17.6 Å². The van der Waals surface area contributed by atoms with E-state index in [2.05, 4.69) is 15.0 Å². The number of alkyl halides is 2. The van der Waals surface area contributed by atoms with Crippen LogP contribution < -0.4 is 4.74 Å². The zero-order valence-electron chi connectivity index (χ0n) is 19.1. The number of ether oxygens (including phenoxy) is 1. The van der Waals surface area contributed by atoms with Gasteiger partial charge in [0.05, 0.1) is 0 Å². The normalized spacial score (nSPS) is 26.2. The van der Waals surface area contributed by atoms with E-state index in [1.165, 1.54) is 37.8 Å². The average molecular weight is 476 g/mol. The lowest BCUT2D eigenvalue weighted by molar-refractivity contribution is -0.189. The van der Waals surface area contributed by atoms with Crippen molar-refractivity contribution in [1.82, 2.24) is 0 Å². The average Bonchev–Trinajstić information content (AvgIpc) is 2.80. The molecular weight excluding hydrogens is 444 g/mol. The summed E-state index contributed by atoms with van der Waals surface area (Å²) in [7, 11) is 3.64. The number of rotatable bonds is 6. The fraction of sp³-hybridized carbons (Fsp3) is 0.556. The predicted molar refractivity (Wildman–Crippen MR) is 123 cm³/mol. The van der Waals surface area contributed by atoms with Gasteiger partial charge in [-0.1, -0.05) is 36.6 Å². The minimum atomic E-state index is -4.10. The van der Waals surface area contributed by atoms with E-state index < -0.39 is 23.3 Å². The molecule has 2 aromatic rings. The first-order valence-electron chi connectivity index (χ1n) is 12.0. The van der Waals surface area contributed by atoms with Gasteiger partial charge in [-0.05, 0) is 98.9 Å². The molecule has 0 saturated heterocycles. The van der Waals surface area contributed by atoms with Gasteiger partial charge in [0.25, 0.3) is 0 Å². The highest BCUT2D eigenvalue weighted by Crippen LogP contribution is 2.45. The third kappa shape index (κ3) is 5.64. The first kappa shape index (κ1) is 24.3. The molecule has 0 bridgehead atoms. The SMILES string of the molecule is Cc1ccc(OC(F)(F)c2c(F)cc(C3CCC(C4CCC(C[Si])CC4)CC3)cc2F)cc1. The Morgan fingerprint density at radius 2 is 1.36 bits per heavy atom. The summed E-state index contributed by atoms with van der Waals surface area (Å²) < 4.78 is 63.5. The molecule has 0 amide bonds. The molecule has 33 heavy (non-hydrogen) atoms. The Morgan fingerprint density at radius 3 is 1.88 bits per heavy atom. The lowest BCUT2D eigenvalue weighted by Crippen LogP contribution is -2.26. The van der Waals surface area contributed by atoms with Crippen molar-refractivity contribution in [2.24, 2.45) is 17.8 Å². The molecule has 0 N–H and O–H groups in total. The molecule has 0 unspecified atom stereocenters. The Labute approximate surface area is 197 Å². The minimum absolute atomic E-state index is 0.00419. The Balaban J connectivity index is 1.41. The summed E-state index contributed by atoms with van der Waals surface area (Å²) in [4.78, 5) is 0. The number of hydrogen-bond donors (Lipinski definition) is 0. The van der Waals surface area contributed by atoms with Crippen molar-refractivity contribution in [3.63, 3.8) is 0 Å². The molecule has 0 atom stereocenters. The van der Waals surface area contributed by atoms with Crippen LogP contribution in [0, 0.1) is 36.3 Å². The molecule has 177 valence electrons. The highest BCUT2D eigenvalue weighted by molar-refractivity contribution is 6.08. The monoisotopic (exact) mass is 475 g/mol. The maximum absolute atomic E-state index is 14.8. The fourth-order valence-electron chi connectivity index (χ4n) is 5.70. The van der Waals surface area contributed by atoms with Gasteiger partial charge in [-0.3, -0.25) is 0 Å². The lowest BCUT2D eigenvalue weighted by atomic mass is 9.68. The van der Waals surface area contributed by atoms with Gasteiger partial charge in [0.1, 0.15) is 22.9 Å². The molecule has 2 fully saturated rings. The second-order valence-corrected chi connectivity index (χ2v) is 10.3. The molecule has 0 spiro atoms. The van der Waals surface area contributed by atoms with Gasteiger partial charge in [0, 0.05) is 10.2 Å². The number of benzene rings is 2. The zero-order valence-corrected chi connectivity index (χ0v) is 20.1. The molecule has 3 radical (unpaired) electrons. The van der Waals surface area contributed by atoms with Crippen molar-refractivity contribution in [3.8, 4) is 5.75 Å². The minimum Gasteiger partial charge on any atom is -0.429 e. The molecule has 2 aliphatic carbocycles. The Morgan fingerprint density at radius 1 is 0.848 bits per heavy atom. The van der Waals surface area contributed by atoms with Crippen LogP contribution in [-0.2, 0) is 6.11 Å². The van der Waals surface area contributed by atoms with Gasteiger partial charge in [-0.15, -0.1) is 0 Å². The Bertz CT molecular complexity index is 907. The van der Waals surface area contributed by atoms with E-state index in [0.29, 0.717) is 11.5 Å². The fourth-order valence-corrected chi connectivity index (χ4v) is 6.11. The summed E-state index contributed by atoms with van der Waals surface area (Å²) >= 11 is 0. The van der Waals surface area contributed by atoms with Crippen LogP contribution in [0.2, 0.25) is 6.04 Å². The van der Waals surface area contributed by atoms with E-state index in [0.717, 1.165) is 61.3 Å². The van der Waals surface area contributed by atoms with Crippen LogP contribution in [0.3, 0.4) is 0 Å². The molecule has 0 aliphatic heterocycles. The molecule has 2 aliphatic rings. The third-order valence-corrected chi connectivity index (χ3v) is 8.29. The maximum atomic E-state index is 14.8. The quantitative estimate of drug-likeness (QED) is 0.303. The predicted octanol–water partition coefficient (Wildman–Crippen LogP) is 8.07. The lowest BCUT2D eigenvalue weighted by Gasteiger charge is -2.38. The van der Waals surface area contributed by atoms with Crippen LogP contribution in [0.5, 0.6) is 5.75 Å². The van der Waals surface area contributed by atoms with Crippen LogP contribution in [0.15, 0.2) is 36.4 Å². The summed E-state index contributed by atoms with van der Waals surface area (Å²) in [6.45, 7) is 1.81. The summed E-state index contributed by atoms with van der Waals surface area (Å²) in [6.07, 6.45) is 4.71. The van der Waals surface area contributed by atoms with Gasteiger partial charge in [0.2, 0.25) is 0 Å². The van der Waals surface area contributed by atoms with Crippen molar-refractivity contribution in [3.05, 3.63) is 64.7 Å².